The topological polar surface area (TPSA) is 122 Å². The van der Waals surface area contributed by atoms with Gasteiger partial charge < -0.3 is 19.6 Å². The van der Waals surface area contributed by atoms with Gasteiger partial charge in [-0.15, -0.1) is 0 Å². The number of rotatable bonds is 6. The number of amides is 3. The van der Waals surface area contributed by atoms with Crippen LogP contribution in [0.25, 0.3) is 10.9 Å². The number of carbonyl (C=O) groups is 2. The molecule has 140 valence electrons. The zero-order chi connectivity index (χ0) is 19.2. The molecule has 0 fully saturated rings. The molecule has 2 heterocycles. The fourth-order valence-electron chi connectivity index (χ4n) is 2.64. The van der Waals surface area contributed by atoms with E-state index < -0.39 is 11.9 Å². The maximum atomic E-state index is 12.1. The van der Waals surface area contributed by atoms with Crippen LogP contribution in [0.15, 0.2) is 51.9 Å². The smallest absolute Gasteiger partial charge is 0.321 e. The normalized spacial score (nSPS) is 11.9. The first-order valence-electron chi connectivity index (χ1n) is 8.40. The minimum Gasteiger partial charge on any atom is -0.467 e. The Morgan fingerprint density at radius 1 is 1.22 bits per heavy atom. The van der Waals surface area contributed by atoms with Gasteiger partial charge in [0.1, 0.15) is 12.3 Å². The van der Waals surface area contributed by atoms with Gasteiger partial charge in [-0.25, -0.2) is 9.78 Å². The van der Waals surface area contributed by atoms with Crippen molar-refractivity contribution in [1.82, 2.24) is 20.6 Å². The number of nitrogens with zero attached hydrogens (tertiary/aromatic N) is 1. The van der Waals surface area contributed by atoms with Gasteiger partial charge in [0.25, 0.3) is 11.5 Å². The molecule has 0 aliphatic carbocycles. The molecule has 3 amide bonds. The average molecular weight is 370 g/mol. The van der Waals surface area contributed by atoms with E-state index in [1.807, 2.05) is 6.07 Å². The first kappa shape index (κ1) is 18.3. The van der Waals surface area contributed by atoms with Crippen LogP contribution in [0.5, 0.6) is 0 Å². The van der Waals surface area contributed by atoms with Crippen molar-refractivity contribution < 1.29 is 18.9 Å². The van der Waals surface area contributed by atoms with Gasteiger partial charge in [-0.05, 0) is 24.3 Å². The number of aromatic amines is 1. The van der Waals surface area contributed by atoms with Crippen molar-refractivity contribution in [2.75, 3.05) is 13.6 Å². The summed E-state index contributed by atoms with van der Waals surface area (Å²) in [5, 5.41) is 5.31. The van der Waals surface area contributed by atoms with Crippen molar-refractivity contribution >= 4 is 22.8 Å². The van der Waals surface area contributed by atoms with Crippen LogP contribution in [0.3, 0.4) is 0 Å². The molecule has 2 aromatic heterocycles. The number of nitrogens with one attached hydrogen (secondary N) is 4. The maximum Gasteiger partial charge on any atom is 0.321 e. The van der Waals surface area contributed by atoms with Crippen LogP contribution in [-0.4, -0.2) is 35.5 Å². The second-order valence-electron chi connectivity index (χ2n) is 6.15. The summed E-state index contributed by atoms with van der Waals surface area (Å²) in [6.45, 7) is 0.573. The number of aromatic nitrogens is 2. The Morgan fingerprint density at radius 3 is 2.81 bits per heavy atom. The molecule has 3 aromatic rings. The van der Waals surface area contributed by atoms with Gasteiger partial charge in [0.2, 0.25) is 0 Å². The number of likely N-dealkylation sites (N-methyl/N-ethyl adjacent to an activating group) is 1. The number of quaternary nitrogens is 1. The molecule has 0 aliphatic rings. The Labute approximate surface area is 154 Å². The molecule has 0 bridgehead atoms. The highest BCUT2D eigenvalue weighted by Crippen LogP contribution is 2.04. The number of benzene rings is 1. The van der Waals surface area contributed by atoms with Gasteiger partial charge in [0.05, 0.1) is 30.8 Å². The zero-order valence-corrected chi connectivity index (χ0v) is 14.7. The van der Waals surface area contributed by atoms with Crippen LogP contribution >= 0.6 is 0 Å². The predicted molar refractivity (Wildman–Crippen MR) is 96.9 cm³/mol. The van der Waals surface area contributed by atoms with E-state index in [0.29, 0.717) is 29.0 Å². The number of furan rings is 1. The van der Waals surface area contributed by atoms with Crippen LogP contribution in [-0.2, 0) is 17.9 Å². The van der Waals surface area contributed by atoms with E-state index in [0.717, 1.165) is 4.90 Å². The monoisotopic (exact) mass is 370 g/mol. The van der Waals surface area contributed by atoms with Crippen molar-refractivity contribution in [1.29, 1.82) is 0 Å². The third kappa shape index (κ3) is 5.02. The standard InChI is InChI=1S/C18H19N5O4/c1-23(10-15-20-14-7-3-2-6-13(14)17(25)21-15)11-16(24)22-18(26)19-9-12-5-4-8-27-12/h2-8H,9-11H2,1H3,(H,20,21,25)(H2,19,22,24,26)/p+1. The number of para-hydroxylation sites is 1. The summed E-state index contributed by atoms with van der Waals surface area (Å²) in [5.74, 6) is 0.630. The average Bonchev–Trinajstić information content (AvgIpc) is 3.13. The van der Waals surface area contributed by atoms with Gasteiger partial charge in [0.15, 0.2) is 12.4 Å². The largest absolute Gasteiger partial charge is 0.467 e. The lowest BCUT2D eigenvalue weighted by molar-refractivity contribution is -0.886. The molecule has 0 spiro atoms. The SMILES string of the molecule is C[NH+](CC(=O)NC(=O)NCc1ccco1)Cc1nc2ccccc2c(=O)[nH]1. The van der Waals surface area contributed by atoms with Crippen molar-refractivity contribution in [3.8, 4) is 0 Å². The van der Waals surface area contributed by atoms with E-state index in [9.17, 15) is 14.4 Å². The summed E-state index contributed by atoms with van der Waals surface area (Å²) < 4.78 is 5.09. The first-order valence-corrected chi connectivity index (χ1v) is 8.40. The Balaban J connectivity index is 1.51. The molecule has 4 N–H and O–H groups in total. The first-order chi connectivity index (χ1) is 13.0. The lowest BCUT2D eigenvalue weighted by Gasteiger charge is -2.13. The van der Waals surface area contributed by atoms with Crippen LogP contribution in [0.1, 0.15) is 11.6 Å². The third-order valence-corrected chi connectivity index (χ3v) is 3.85. The molecule has 1 unspecified atom stereocenters. The summed E-state index contributed by atoms with van der Waals surface area (Å²) in [4.78, 5) is 43.7. The van der Waals surface area contributed by atoms with Crippen LogP contribution in [0.4, 0.5) is 4.79 Å². The number of hydrogen-bond acceptors (Lipinski definition) is 5. The molecule has 0 saturated heterocycles. The van der Waals surface area contributed by atoms with E-state index in [-0.39, 0.29) is 18.6 Å². The van der Waals surface area contributed by atoms with Gasteiger partial charge in [0, 0.05) is 0 Å². The molecule has 0 saturated carbocycles. The van der Waals surface area contributed by atoms with Crippen molar-refractivity contribution in [2.45, 2.75) is 13.1 Å². The molecule has 1 aromatic carbocycles. The Kier molecular flexibility index (Phi) is 5.62. The highest BCUT2D eigenvalue weighted by Gasteiger charge is 2.15. The van der Waals surface area contributed by atoms with E-state index in [4.69, 9.17) is 4.42 Å². The maximum absolute atomic E-state index is 12.1. The second kappa shape index (κ2) is 8.28. The predicted octanol–water partition coefficient (Wildman–Crippen LogP) is -0.443. The molecule has 9 heteroatoms. The quantitative estimate of drug-likeness (QED) is 0.469. The van der Waals surface area contributed by atoms with Gasteiger partial charge in [-0.2, -0.15) is 0 Å². The molecular formula is C18H20N5O4+. The molecule has 27 heavy (non-hydrogen) atoms. The number of fused-ring (bicyclic) bond motifs is 1. The van der Waals surface area contributed by atoms with E-state index in [1.165, 1.54) is 6.26 Å². The van der Waals surface area contributed by atoms with Crippen molar-refractivity contribution in [2.24, 2.45) is 0 Å². The van der Waals surface area contributed by atoms with Crippen LogP contribution in [0, 0.1) is 0 Å². The Bertz CT molecular complexity index is 996. The molecule has 1 atom stereocenters. The van der Waals surface area contributed by atoms with Gasteiger partial charge in [-0.3, -0.25) is 14.9 Å². The lowest BCUT2D eigenvalue weighted by Crippen LogP contribution is -3.09. The highest BCUT2D eigenvalue weighted by atomic mass is 16.3. The molecule has 9 nitrogen and oxygen atoms in total. The summed E-state index contributed by atoms with van der Waals surface area (Å²) in [5.41, 5.74) is 0.385. The van der Waals surface area contributed by atoms with Gasteiger partial charge in [-0.1, -0.05) is 12.1 Å². The third-order valence-electron chi connectivity index (χ3n) is 3.85. The lowest BCUT2D eigenvalue weighted by atomic mass is 10.2. The minimum absolute atomic E-state index is 0.0463. The fraction of sp³-hybridized carbons (Fsp3) is 0.222. The number of imide groups is 1. The Hall–Kier alpha value is -3.46. The fourth-order valence-corrected chi connectivity index (χ4v) is 2.64. The summed E-state index contributed by atoms with van der Waals surface area (Å²) in [7, 11) is 1.77. The number of urea groups is 1. The minimum atomic E-state index is -0.596. The van der Waals surface area contributed by atoms with Crippen LogP contribution in [0.2, 0.25) is 0 Å². The Morgan fingerprint density at radius 2 is 2.04 bits per heavy atom. The molecular weight excluding hydrogens is 350 g/mol. The second-order valence-corrected chi connectivity index (χ2v) is 6.15. The number of H-pyrrole nitrogens is 1. The summed E-state index contributed by atoms with van der Waals surface area (Å²) in [6.07, 6.45) is 1.50. The van der Waals surface area contributed by atoms with Gasteiger partial charge >= 0.3 is 6.03 Å². The zero-order valence-electron chi connectivity index (χ0n) is 14.7. The summed E-state index contributed by atoms with van der Waals surface area (Å²) >= 11 is 0. The molecule has 0 aliphatic heterocycles. The summed E-state index contributed by atoms with van der Waals surface area (Å²) in [6, 6.07) is 9.89. The van der Waals surface area contributed by atoms with E-state index in [2.05, 4.69) is 20.6 Å². The number of hydrogen-bond donors (Lipinski definition) is 4. The van der Waals surface area contributed by atoms with E-state index >= 15 is 0 Å². The number of carbonyl (C=O) groups excluding carboxylic acids is 2. The molecule has 3 rings (SSSR count). The van der Waals surface area contributed by atoms with E-state index in [1.54, 1.807) is 37.4 Å². The highest BCUT2D eigenvalue weighted by molar-refractivity contribution is 5.94. The van der Waals surface area contributed by atoms with Crippen molar-refractivity contribution in [3.63, 3.8) is 0 Å². The molecule has 0 radical (unpaired) electrons. The van der Waals surface area contributed by atoms with Crippen LogP contribution < -0.4 is 21.1 Å². The van der Waals surface area contributed by atoms with Crippen molar-refractivity contribution in [3.05, 3.63) is 64.6 Å².